The van der Waals surface area contributed by atoms with Crippen LogP contribution in [0.15, 0.2) is 64.7 Å². The molecule has 0 saturated carbocycles. The zero-order valence-corrected chi connectivity index (χ0v) is 22.6. The first-order valence-corrected chi connectivity index (χ1v) is 13.4. The van der Waals surface area contributed by atoms with Gasteiger partial charge in [-0.2, -0.15) is 0 Å². The molecule has 212 valence electrons. The fraction of sp³-hybridized carbons (Fsp3) is 0.240. The summed E-state index contributed by atoms with van der Waals surface area (Å²) in [4.78, 5) is 20.9. The van der Waals surface area contributed by atoms with Crippen molar-refractivity contribution >= 4 is 33.0 Å². The maximum atomic E-state index is 13.4. The fourth-order valence-electron chi connectivity index (χ4n) is 3.53. The van der Waals surface area contributed by atoms with Gasteiger partial charge in [0.25, 0.3) is 21.5 Å². The number of sulfonamides is 1. The summed E-state index contributed by atoms with van der Waals surface area (Å²) in [5.41, 5.74) is 0.535. The van der Waals surface area contributed by atoms with Crippen molar-refractivity contribution in [2.75, 3.05) is 31.7 Å². The van der Waals surface area contributed by atoms with E-state index >= 15 is 0 Å². The third-order valence-corrected chi connectivity index (χ3v) is 7.17. The molecular formula is C25H22ClF3N4O6S. The number of methoxy groups -OCH3 is 1. The van der Waals surface area contributed by atoms with Crippen molar-refractivity contribution in [2.45, 2.75) is 17.7 Å². The second kappa shape index (κ2) is 11.7. The van der Waals surface area contributed by atoms with Gasteiger partial charge in [-0.15, -0.1) is 0 Å². The van der Waals surface area contributed by atoms with Gasteiger partial charge >= 0.3 is 0 Å². The summed E-state index contributed by atoms with van der Waals surface area (Å²) in [6, 6.07) is 7.48. The summed E-state index contributed by atoms with van der Waals surface area (Å²) in [5, 5.41) is -0.315. The zero-order valence-electron chi connectivity index (χ0n) is 21.0. The molecule has 10 nitrogen and oxygen atoms in total. The van der Waals surface area contributed by atoms with Gasteiger partial charge in [0, 0.05) is 30.4 Å². The second-order valence-corrected chi connectivity index (χ2v) is 10.6. The van der Waals surface area contributed by atoms with Gasteiger partial charge in [0.2, 0.25) is 11.6 Å². The Hall–Kier alpha value is -3.88. The normalized spacial score (nSPS) is 11.9. The Bertz CT molecular complexity index is 1710. The van der Waals surface area contributed by atoms with E-state index in [-0.39, 0.29) is 46.1 Å². The molecule has 0 amide bonds. The van der Waals surface area contributed by atoms with E-state index in [1.165, 1.54) is 36.2 Å². The van der Waals surface area contributed by atoms with E-state index in [0.29, 0.717) is 11.1 Å². The summed E-state index contributed by atoms with van der Waals surface area (Å²) in [7, 11) is -2.96. The molecule has 0 bridgehead atoms. The van der Waals surface area contributed by atoms with Crippen LogP contribution in [-0.2, 0) is 14.8 Å². The standard InChI is InChI=1S/C25H22ClF3N4O6S/c1-25(28,29)14-38-7-8-39-20-12-30-22-6-3-15(13-33(22)24(20)34)16-9-19(23(37-2)31-11-16)32-40(35,36)21-5-4-17(27)10-18(21)26/h3-6,9-13,32H,7-8,14H2,1-2H3. The number of anilines is 1. The van der Waals surface area contributed by atoms with Crippen molar-refractivity contribution in [1.82, 2.24) is 14.4 Å². The molecule has 0 atom stereocenters. The number of rotatable bonds is 11. The van der Waals surface area contributed by atoms with E-state index in [0.717, 1.165) is 25.1 Å². The van der Waals surface area contributed by atoms with Crippen LogP contribution < -0.4 is 19.8 Å². The number of pyridine rings is 2. The van der Waals surface area contributed by atoms with E-state index in [9.17, 15) is 26.4 Å². The Morgan fingerprint density at radius 2 is 1.85 bits per heavy atom. The van der Waals surface area contributed by atoms with Crippen molar-refractivity contribution in [1.29, 1.82) is 0 Å². The molecule has 0 fully saturated rings. The molecule has 0 radical (unpaired) electrons. The quantitative estimate of drug-likeness (QED) is 0.252. The van der Waals surface area contributed by atoms with Crippen LogP contribution in [0, 0.1) is 5.82 Å². The molecule has 4 rings (SSSR count). The molecule has 1 N–H and O–H groups in total. The van der Waals surface area contributed by atoms with Crippen LogP contribution in [0.1, 0.15) is 6.92 Å². The minimum atomic E-state index is -4.26. The first kappa shape index (κ1) is 29.1. The lowest BCUT2D eigenvalue weighted by molar-refractivity contribution is -0.0664. The molecule has 4 aromatic rings. The van der Waals surface area contributed by atoms with Gasteiger partial charge in [-0.25, -0.2) is 31.6 Å². The number of nitrogens with one attached hydrogen (secondary N) is 1. The predicted molar refractivity (Wildman–Crippen MR) is 140 cm³/mol. The third-order valence-electron chi connectivity index (χ3n) is 5.32. The van der Waals surface area contributed by atoms with Gasteiger partial charge in [0.1, 0.15) is 35.3 Å². The van der Waals surface area contributed by atoms with Gasteiger partial charge < -0.3 is 14.2 Å². The Kier molecular flexibility index (Phi) is 8.51. The highest BCUT2D eigenvalue weighted by Gasteiger charge is 2.22. The minimum absolute atomic E-state index is 0.0410. The molecule has 0 aliphatic carbocycles. The lowest BCUT2D eigenvalue weighted by atomic mass is 10.1. The van der Waals surface area contributed by atoms with Crippen molar-refractivity contribution in [3.8, 4) is 22.8 Å². The van der Waals surface area contributed by atoms with Crippen LogP contribution >= 0.6 is 11.6 Å². The van der Waals surface area contributed by atoms with E-state index in [4.69, 9.17) is 25.8 Å². The first-order chi connectivity index (χ1) is 18.9. The van der Waals surface area contributed by atoms with Crippen molar-refractivity contribution < 1.29 is 35.8 Å². The topological polar surface area (TPSA) is 121 Å². The Labute approximate surface area is 231 Å². The number of aromatic nitrogens is 3. The number of hydrogen-bond donors (Lipinski definition) is 1. The van der Waals surface area contributed by atoms with Crippen LogP contribution in [0.25, 0.3) is 16.8 Å². The summed E-state index contributed by atoms with van der Waals surface area (Å²) in [6.45, 7) is -0.365. The number of benzene rings is 1. The number of fused-ring (bicyclic) bond motifs is 1. The predicted octanol–water partition coefficient (Wildman–Crippen LogP) is 4.41. The SMILES string of the molecule is COc1ncc(-c2ccc3ncc(OCCOCC(C)(F)F)c(=O)n3c2)cc1NS(=O)(=O)c1ccc(F)cc1Cl. The first-order valence-electron chi connectivity index (χ1n) is 11.5. The smallest absolute Gasteiger partial charge is 0.300 e. The highest BCUT2D eigenvalue weighted by molar-refractivity contribution is 7.92. The molecule has 0 aliphatic rings. The lowest BCUT2D eigenvalue weighted by Gasteiger charge is -2.14. The Balaban J connectivity index is 1.61. The van der Waals surface area contributed by atoms with E-state index in [2.05, 4.69) is 14.7 Å². The van der Waals surface area contributed by atoms with Crippen molar-refractivity contribution in [2.24, 2.45) is 0 Å². The third kappa shape index (κ3) is 6.81. The molecule has 0 unspecified atom stereocenters. The minimum Gasteiger partial charge on any atom is -0.484 e. The molecule has 15 heteroatoms. The van der Waals surface area contributed by atoms with Crippen molar-refractivity contribution in [3.63, 3.8) is 0 Å². The van der Waals surface area contributed by atoms with Gasteiger partial charge in [-0.1, -0.05) is 11.6 Å². The van der Waals surface area contributed by atoms with Gasteiger partial charge in [0.05, 0.1) is 24.9 Å². The highest BCUT2D eigenvalue weighted by Crippen LogP contribution is 2.31. The maximum Gasteiger partial charge on any atom is 0.300 e. The average Bonchev–Trinajstić information content (AvgIpc) is 2.88. The lowest BCUT2D eigenvalue weighted by Crippen LogP contribution is -2.22. The summed E-state index contributed by atoms with van der Waals surface area (Å²) in [5.74, 6) is -3.86. The van der Waals surface area contributed by atoms with Crippen LogP contribution in [0.3, 0.4) is 0 Å². The van der Waals surface area contributed by atoms with Gasteiger partial charge in [0.15, 0.2) is 0 Å². The number of ether oxygens (including phenoxy) is 3. The molecular weight excluding hydrogens is 577 g/mol. The van der Waals surface area contributed by atoms with Crippen LogP contribution in [0.2, 0.25) is 5.02 Å². The molecule has 0 spiro atoms. The van der Waals surface area contributed by atoms with Crippen LogP contribution in [-0.4, -0.2) is 55.6 Å². The molecule has 0 aliphatic heterocycles. The average molecular weight is 599 g/mol. The van der Waals surface area contributed by atoms with Gasteiger partial charge in [-0.05, 0) is 36.4 Å². The van der Waals surface area contributed by atoms with E-state index in [1.807, 2.05) is 0 Å². The summed E-state index contributed by atoms with van der Waals surface area (Å²) >= 11 is 5.94. The molecule has 0 saturated heterocycles. The number of nitrogens with zero attached hydrogens (tertiary/aromatic N) is 3. The monoisotopic (exact) mass is 598 g/mol. The van der Waals surface area contributed by atoms with Crippen LogP contribution in [0.4, 0.5) is 18.9 Å². The zero-order chi connectivity index (χ0) is 29.1. The van der Waals surface area contributed by atoms with Crippen molar-refractivity contribution in [3.05, 3.63) is 76.2 Å². The summed E-state index contributed by atoms with van der Waals surface area (Å²) < 4.78 is 84.0. The van der Waals surface area contributed by atoms with Crippen LogP contribution in [0.5, 0.6) is 11.6 Å². The molecule has 40 heavy (non-hydrogen) atoms. The fourth-order valence-corrected chi connectivity index (χ4v) is 5.11. The highest BCUT2D eigenvalue weighted by atomic mass is 35.5. The number of halogens is 4. The number of alkyl halides is 2. The second-order valence-electron chi connectivity index (χ2n) is 8.51. The van der Waals surface area contributed by atoms with E-state index in [1.54, 1.807) is 12.1 Å². The van der Waals surface area contributed by atoms with E-state index < -0.39 is 33.9 Å². The molecule has 3 aromatic heterocycles. The Morgan fingerprint density at radius 3 is 2.55 bits per heavy atom. The maximum absolute atomic E-state index is 13.4. The summed E-state index contributed by atoms with van der Waals surface area (Å²) in [6.07, 6.45) is 4.07. The van der Waals surface area contributed by atoms with Gasteiger partial charge in [-0.3, -0.25) is 13.9 Å². The molecule has 3 heterocycles. The molecule has 1 aromatic carbocycles. The largest absolute Gasteiger partial charge is 0.484 e. The Morgan fingerprint density at radius 1 is 1.07 bits per heavy atom. The number of hydrogen-bond acceptors (Lipinski definition) is 8.